The van der Waals surface area contributed by atoms with E-state index in [4.69, 9.17) is 0 Å². The van der Waals surface area contributed by atoms with Crippen molar-refractivity contribution < 1.29 is 13.7 Å². The summed E-state index contributed by atoms with van der Waals surface area (Å²) in [6, 6.07) is 1.43. The number of benzene rings is 1. The van der Waals surface area contributed by atoms with Gasteiger partial charge in [-0.25, -0.2) is 4.39 Å². The minimum absolute atomic E-state index is 0.128. The minimum atomic E-state index is -1.17. The molecule has 0 aliphatic heterocycles. The normalized spacial score (nSPS) is 10.7. The Hall–Kier alpha value is -1.76. The van der Waals surface area contributed by atoms with Gasteiger partial charge in [0.05, 0.1) is 4.92 Å². The molecule has 100 valence electrons. The molecule has 0 spiro atoms. The van der Waals surface area contributed by atoms with Gasteiger partial charge in [-0.1, -0.05) is 0 Å². The predicted molar refractivity (Wildman–Crippen MR) is 64.7 cm³/mol. The fourth-order valence-corrected chi connectivity index (χ4v) is 1.50. The smallest absolute Gasteiger partial charge is 0.327 e. The lowest BCUT2D eigenvalue weighted by atomic mass is 10.2. The van der Waals surface area contributed by atoms with Gasteiger partial charge in [-0.3, -0.25) is 10.1 Å². The van der Waals surface area contributed by atoms with Gasteiger partial charge in [0, 0.05) is 18.7 Å². The number of hydrogen-bond acceptors (Lipinski definition) is 4. The minimum Gasteiger partial charge on any atom is -0.379 e. The van der Waals surface area contributed by atoms with Crippen LogP contribution in [0.3, 0.4) is 0 Å². The van der Waals surface area contributed by atoms with Gasteiger partial charge in [-0.05, 0) is 27.1 Å². The molecular formula is C11H15F2N3O2. The molecule has 0 unspecified atom stereocenters. The van der Waals surface area contributed by atoms with E-state index in [9.17, 15) is 18.9 Å². The van der Waals surface area contributed by atoms with E-state index in [2.05, 4.69) is 5.32 Å². The fraction of sp³-hybridized carbons (Fsp3) is 0.455. The zero-order valence-electron chi connectivity index (χ0n) is 10.2. The summed E-state index contributed by atoms with van der Waals surface area (Å²) in [6.45, 7) is 1.18. The number of hydrogen-bond donors (Lipinski definition) is 1. The van der Waals surface area contributed by atoms with E-state index in [1.807, 2.05) is 19.0 Å². The third-order valence-corrected chi connectivity index (χ3v) is 2.31. The number of rotatable bonds is 6. The molecule has 18 heavy (non-hydrogen) atoms. The summed E-state index contributed by atoms with van der Waals surface area (Å²) in [4.78, 5) is 11.8. The van der Waals surface area contributed by atoms with Crippen LogP contribution in [0.1, 0.15) is 6.42 Å². The Morgan fingerprint density at radius 3 is 2.61 bits per heavy atom. The first-order valence-electron chi connectivity index (χ1n) is 5.44. The van der Waals surface area contributed by atoms with Gasteiger partial charge in [0.15, 0.2) is 0 Å². The average Bonchev–Trinajstić information content (AvgIpc) is 2.22. The Morgan fingerprint density at radius 1 is 1.39 bits per heavy atom. The SMILES string of the molecule is CN(C)CCCNc1cc(F)cc(F)c1[N+](=O)[O-]. The van der Waals surface area contributed by atoms with E-state index in [0.717, 1.165) is 12.6 Å². The molecule has 0 fully saturated rings. The Morgan fingerprint density at radius 2 is 2.06 bits per heavy atom. The molecule has 5 nitrogen and oxygen atoms in total. The maximum atomic E-state index is 13.3. The van der Waals surface area contributed by atoms with Crippen LogP contribution >= 0.6 is 0 Å². The second-order valence-corrected chi connectivity index (χ2v) is 4.12. The van der Waals surface area contributed by atoms with E-state index in [1.165, 1.54) is 0 Å². The van der Waals surface area contributed by atoms with Crippen molar-refractivity contribution in [3.05, 3.63) is 33.9 Å². The maximum Gasteiger partial charge on any atom is 0.327 e. The third kappa shape index (κ3) is 3.92. The van der Waals surface area contributed by atoms with Gasteiger partial charge in [0.1, 0.15) is 11.5 Å². The van der Waals surface area contributed by atoms with Crippen molar-refractivity contribution in [2.45, 2.75) is 6.42 Å². The quantitative estimate of drug-likeness (QED) is 0.483. The third-order valence-electron chi connectivity index (χ3n) is 2.31. The summed E-state index contributed by atoms with van der Waals surface area (Å²) in [5.74, 6) is -2.01. The fourth-order valence-electron chi connectivity index (χ4n) is 1.50. The molecule has 1 rings (SSSR count). The van der Waals surface area contributed by atoms with Gasteiger partial charge >= 0.3 is 5.69 Å². The van der Waals surface area contributed by atoms with E-state index in [1.54, 1.807) is 0 Å². The number of nitrogens with zero attached hydrogens (tertiary/aromatic N) is 2. The predicted octanol–water partition coefficient (Wildman–Crippen LogP) is 2.24. The van der Waals surface area contributed by atoms with Crippen molar-refractivity contribution in [1.82, 2.24) is 4.90 Å². The molecule has 0 aliphatic rings. The summed E-state index contributed by atoms with van der Waals surface area (Å²) in [5, 5.41) is 13.4. The lowest BCUT2D eigenvalue weighted by Crippen LogP contribution is -2.16. The number of nitro groups is 1. The van der Waals surface area contributed by atoms with Gasteiger partial charge in [0.25, 0.3) is 0 Å². The molecule has 0 atom stereocenters. The Bertz CT molecular complexity index is 439. The second kappa shape index (κ2) is 6.25. The van der Waals surface area contributed by atoms with Crippen LogP contribution in [0.2, 0.25) is 0 Å². The van der Waals surface area contributed by atoms with E-state index in [0.29, 0.717) is 19.0 Å². The number of nitrogens with one attached hydrogen (secondary N) is 1. The Kier molecular flexibility index (Phi) is 4.96. The molecule has 1 aromatic carbocycles. The molecule has 0 aliphatic carbocycles. The Balaban J connectivity index is 2.77. The molecule has 0 amide bonds. The highest BCUT2D eigenvalue weighted by Gasteiger charge is 2.21. The van der Waals surface area contributed by atoms with Crippen molar-refractivity contribution in [3.63, 3.8) is 0 Å². The van der Waals surface area contributed by atoms with Crippen LogP contribution in [-0.4, -0.2) is 37.0 Å². The summed E-state index contributed by atoms with van der Waals surface area (Å²) >= 11 is 0. The first-order valence-corrected chi connectivity index (χ1v) is 5.44. The zero-order valence-corrected chi connectivity index (χ0v) is 10.2. The van der Waals surface area contributed by atoms with Gasteiger partial charge in [-0.2, -0.15) is 4.39 Å². The van der Waals surface area contributed by atoms with Crippen LogP contribution in [0.5, 0.6) is 0 Å². The summed E-state index contributed by atoms with van der Waals surface area (Å²) < 4.78 is 26.3. The van der Waals surface area contributed by atoms with Crippen LogP contribution in [0, 0.1) is 21.7 Å². The lowest BCUT2D eigenvalue weighted by molar-refractivity contribution is -0.386. The van der Waals surface area contributed by atoms with Crippen LogP contribution in [0.25, 0.3) is 0 Å². The molecule has 0 radical (unpaired) electrons. The molecule has 0 saturated carbocycles. The molecule has 0 heterocycles. The summed E-state index contributed by atoms with van der Waals surface area (Å²) in [5.41, 5.74) is -0.850. The highest BCUT2D eigenvalue weighted by atomic mass is 19.1. The number of anilines is 1. The van der Waals surface area contributed by atoms with Crippen molar-refractivity contribution in [3.8, 4) is 0 Å². The maximum absolute atomic E-state index is 13.3. The molecule has 0 saturated heterocycles. The molecule has 0 aromatic heterocycles. The molecule has 1 N–H and O–H groups in total. The van der Waals surface area contributed by atoms with Gasteiger partial charge in [0.2, 0.25) is 5.82 Å². The number of nitro benzene ring substituents is 1. The van der Waals surface area contributed by atoms with E-state index < -0.39 is 22.2 Å². The molecule has 7 heteroatoms. The monoisotopic (exact) mass is 259 g/mol. The van der Waals surface area contributed by atoms with Crippen molar-refractivity contribution in [1.29, 1.82) is 0 Å². The second-order valence-electron chi connectivity index (χ2n) is 4.12. The van der Waals surface area contributed by atoms with Gasteiger partial charge < -0.3 is 10.2 Å². The average molecular weight is 259 g/mol. The Labute approximate surface area is 104 Å². The first-order chi connectivity index (χ1) is 8.41. The van der Waals surface area contributed by atoms with Crippen molar-refractivity contribution >= 4 is 11.4 Å². The lowest BCUT2D eigenvalue weighted by Gasteiger charge is -2.11. The topological polar surface area (TPSA) is 58.4 Å². The summed E-state index contributed by atoms with van der Waals surface area (Å²) in [7, 11) is 3.79. The number of halogens is 2. The van der Waals surface area contributed by atoms with E-state index in [-0.39, 0.29) is 5.69 Å². The molecule has 0 bridgehead atoms. The highest BCUT2D eigenvalue weighted by molar-refractivity contribution is 5.62. The molecular weight excluding hydrogens is 244 g/mol. The van der Waals surface area contributed by atoms with Crippen LogP contribution in [-0.2, 0) is 0 Å². The van der Waals surface area contributed by atoms with Crippen LogP contribution in [0.15, 0.2) is 12.1 Å². The van der Waals surface area contributed by atoms with Crippen molar-refractivity contribution in [2.75, 3.05) is 32.5 Å². The highest BCUT2D eigenvalue weighted by Crippen LogP contribution is 2.28. The summed E-state index contributed by atoms with van der Waals surface area (Å²) in [6.07, 6.45) is 0.711. The first kappa shape index (κ1) is 14.3. The van der Waals surface area contributed by atoms with Crippen LogP contribution < -0.4 is 5.32 Å². The van der Waals surface area contributed by atoms with Gasteiger partial charge in [-0.15, -0.1) is 0 Å². The zero-order chi connectivity index (χ0) is 13.7. The largest absolute Gasteiger partial charge is 0.379 e. The molecule has 1 aromatic rings. The van der Waals surface area contributed by atoms with Crippen LogP contribution in [0.4, 0.5) is 20.2 Å². The van der Waals surface area contributed by atoms with E-state index >= 15 is 0 Å². The standard InChI is InChI=1S/C11H15F2N3O2/c1-15(2)5-3-4-14-10-7-8(12)6-9(13)11(10)16(17)18/h6-7,14H,3-5H2,1-2H3. The van der Waals surface area contributed by atoms with Crippen molar-refractivity contribution in [2.24, 2.45) is 0 Å².